The molecular weight excluding hydrogens is 278 g/mol. The number of aliphatic hydroxyl groups excluding tert-OH is 1. The van der Waals surface area contributed by atoms with Crippen molar-refractivity contribution in [2.24, 2.45) is 0 Å². The van der Waals surface area contributed by atoms with Crippen molar-refractivity contribution in [3.63, 3.8) is 0 Å². The molecule has 1 aromatic heterocycles. The fraction of sp³-hybridized carbons (Fsp3) is 0.471. The maximum absolute atomic E-state index is 11.4. The van der Waals surface area contributed by atoms with E-state index in [1.54, 1.807) is 0 Å². The van der Waals surface area contributed by atoms with Gasteiger partial charge in [0.15, 0.2) is 0 Å². The first-order valence-electron chi connectivity index (χ1n) is 8.03. The van der Waals surface area contributed by atoms with Gasteiger partial charge in [-0.3, -0.25) is 0 Å². The molecule has 3 rings (SSSR count). The summed E-state index contributed by atoms with van der Waals surface area (Å²) in [6.45, 7) is 4.16. The largest absolute Gasteiger partial charge is 0.382 e. The number of hydrogen-bond donors (Lipinski definition) is 3. The maximum Gasteiger partial charge on any atom is 0.323 e. The van der Waals surface area contributed by atoms with Crippen molar-refractivity contribution in [2.75, 3.05) is 18.0 Å². The Kier molecular flexibility index (Phi) is 4.34. The van der Waals surface area contributed by atoms with Crippen molar-refractivity contribution in [3.05, 3.63) is 51.7 Å². The van der Waals surface area contributed by atoms with Gasteiger partial charge in [-0.15, -0.1) is 0 Å². The van der Waals surface area contributed by atoms with E-state index in [1.807, 2.05) is 19.1 Å². The van der Waals surface area contributed by atoms with Crippen LogP contribution in [0.5, 0.6) is 0 Å². The minimum Gasteiger partial charge on any atom is -0.382 e. The summed E-state index contributed by atoms with van der Waals surface area (Å²) in [5.41, 5.74) is 3.06. The van der Waals surface area contributed by atoms with E-state index in [1.165, 1.54) is 24.9 Å². The molecule has 1 saturated heterocycles. The highest BCUT2D eigenvalue weighted by Gasteiger charge is 2.18. The lowest BCUT2D eigenvalue weighted by Crippen LogP contribution is -2.29. The van der Waals surface area contributed by atoms with Crippen molar-refractivity contribution in [1.29, 1.82) is 0 Å². The van der Waals surface area contributed by atoms with Gasteiger partial charge >= 0.3 is 5.69 Å². The Bertz CT molecular complexity index is 666. The van der Waals surface area contributed by atoms with E-state index in [2.05, 4.69) is 27.0 Å². The van der Waals surface area contributed by atoms with Crippen molar-refractivity contribution in [2.45, 2.75) is 38.7 Å². The Balaban J connectivity index is 1.81. The molecule has 1 fully saturated rings. The molecule has 2 aromatic rings. The number of H-pyrrole nitrogens is 2. The molecule has 3 N–H and O–H groups in total. The first-order valence-corrected chi connectivity index (χ1v) is 8.03. The number of aromatic amines is 2. The van der Waals surface area contributed by atoms with Gasteiger partial charge in [-0.25, -0.2) is 4.79 Å². The predicted octanol–water partition coefficient (Wildman–Crippen LogP) is 2.34. The van der Waals surface area contributed by atoms with Crippen LogP contribution in [0.1, 0.15) is 49.2 Å². The van der Waals surface area contributed by atoms with E-state index in [0.717, 1.165) is 24.3 Å². The number of benzene rings is 1. The van der Waals surface area contributed by atoms with Crippen LogP contribution < -0.4 is 10.6 Å². The summed E-state index contributed by atoms with van der Waals surface area (Å²) in [5.74, 6) is 0. The average Bonchev–Trinajstić information content (AvgIpc) is 2.96. The number of piperidine rings is 1. The monoisotopic (exact) mass is 301 g/mol. The Morgan fingerprint density at radius 2 is 1.82 bits per heavy atom. The lowest BCUT2D eigenvalue weighted by molar-refractivity contribution is 0.214. The number of hydrogen-bond acceptors (Lipinski definition) is 3. The van der Waals surface area contributed by atoms with E-state index in [0.29, 0.717) is 12.1 Å². The van der Waals surface area contributed by atoms with Crippen LogP contribution in [0.15, 0.2) is 29.1 Å². The van der Waals surface area contributed by atoms with Gasteiger partial charge in [0.25, 0.3) is 0 Å². The fourth-order valence-electron chi connectivity index (χ4n) is 3.13. The minimum atomic E-state index is -0.802. The molecule has 0 bridgehead atoms. The van der Waals surface area contributed by atoms with Crippen LogP contribution in [0.2, 0.25) is 0 Å². The molecule has 5 nitrogen and oxygen atoms in total. The smallest absolute Gasteiger partial charge is 0.323 e. The molecule has 0 saturated carbocycles. The zero-order valence-electron chi connectivity index (χ0n) is 12.9. The molecule has 1 aliphatic rings. The van der Waals surface area contributed by atoms with Crippen LogP contribution >= 0.6 is 0 Å². The van der Waals surface area contributed by atoms with Gasteiger partial charge in [-0.2, -0.15) is 0 Å². The molecule has 22 heavy (non-hydrogen) atoms. The number of anilines is 1. The highest BCUT2D eigenvalue weighted by molar-refractivity contribution is 5.48. The third kappa shape index (κ3) is 2.95. The molecular formula is C17H23N3O2. The summed E-state index contributed by atoms with van der Waals surface area (Å²) in [4.78, 5) is 19.3. The molecule has 1 atom stereocenters. The van der Waals surface area contributed by atoms with Gasteiger partial charge in [-0.05, 0) is 43.4 Å². The summed E-state index contributed by atoms with van der Waals surface area (Å²) in [6, 6.07) is 8.00. The number of aliphatic hydroxyl groups is 1. The van der Waals surface area contributed by atoms with Gasteiger partial charge in [-0.1, -0.05) is 19.1 Å². The van der Waals surface area contributed by atoms with Gasteiger partial charge in [0, 0.05) is 24.5 Å². The third-order valence-corrected chi connectivity index (χ3v) is 4.39. The van der Waals surface area contributed by atoms with Crippen molar-refractivity contribution in [3.8, 4) is 0 Å². The summed E-state index contributed by atoms with van der Waals surface area (Å²) in [6.07, 6.45) is 3.68. The average molecular weight is 301 g/mol. The highest BCUT2D eigenvalue weighted by Crippen LogP contribution is 2.26. The zero-order valence-corrected chi connectivity index (χ0v) is 12.9. The first-order chi connectivity index (χ1) is 10.7. The second kappa shape index (κ2) is 6.40. The number of imidazole rings is 1. The second-order valence-corrected chi connectivity index (χ2v) is 5.87. The minimum absolute atomic E-state index is 0.268. The summed E-state index contributed by atoms with van der Waals surface area (Å²) in [5, 5.41) is 10.5. The molecule has 2 heterocycles. The Morgan fingerprint density at radius 3 is 2.45 bits per heavy atom. The lowest BCUT2D eigenvalue weighted by atomic mass is 10.0. The second-order valence-electron chi connectivity index (χ2n) is 5.87. The quantitative estimate of drug-likeness (QED) is 0.811. The third-order valence-electron chi connectivity index (χ3n) is 4.39. The molecule has 0 aliphatic carbocycles. The first kappa shape index (κ1) is 14.9. The van der Waals surface area contributed by atoms with Crippen LogP contribution in [-0.2, 0) is 6.42 Å². The maximum atomic E-state index is 11.4. The fourth-order valence-corrected chi connectivity index (χ4v) is 3.13. The molecule has 1 aliphatic heterocycles. The SMILES string of the molecule is CCc1[nH]c(=O)[nH]c1C(O)c1ccc(N2CCCCC2)cc1. The summed E-state index contributed by atoms with van der Waals surface area (Å²) < 4.78 is 0. The van der Waals surface area contributed by atoms with Crippen molar-refractivity contribution < 1.29 is 5.11 Å². The summed E-state index contributed by atoms with van der Waals surface area (Å²) in [7, 11) is 0. The molecule has 5 heteroatoms. The standard InChI is InChI=1S/C17H23N3O2/c1-2-14-15(19-17(22)18-14)16(21)12-6-8-13(9-7-12)20-10-4-3-5-11-20/h6-9,16,21H,2-5,10-11H2,1H3,(H2,18,19,22). The van der Waals surface area contributed by atoms with E-state index in [-0.39, 0.29) is 5.69 Å². The molecule has 0 radical (unpaired) electrons. The topological polar surface area (TPSA) is 72.1 Å². The van der Waals surface area contributed by atoms with Gasteiger partial charge in [0.05, 0.1) is 5.69 Å². The van der Waals surface area contributed by atoms with Gasteiger partial charge in [0.2, 0.25) is 0 Å². The number of aromatic nitrogens is 2. The molecule has 0 amide bonds. The van der Waals surface area contributed by atoms with Crippen LogP contribution in [-0.4, -0.2) is 28.2 Å². The lowest BCUT2D eigenvalue weighted by Gasteiger charge is -2.29. The van der Waals surface area contributed by atoms with E-state index in [4.69, 9.17) is 0 Å². The number of nitrogens with zero attached hydrogens (tertiary/aromatic N) is 1. The van der Waals surface area contributed by atoms with E-state index >= 15 is 0 Å². The van der Waals surface area contributed by atoms with Crippen LogP contribution in [0.3, 0.4) is 0 Å². The predicted molar refractivity (Wildman–Crippen MR) is 87.4 cm³/mol. The Hall–Kier alpha value is -2.01. The van der Waals surface area contributed by atoms with Crippen molar-refractivity contribution >= 4 is 5.69 Å². The van der Waals surface area contributed by atoms with Gasteiger partial charge < -0.3 is 20.0 Å². The number of aryl methyl sites for hydroxylation is 1. The molecule has 1 unspecified atom stereocenters. The van der Waals surface area contributed by atoms with Crippen LogP contribution in [0, 0.1) is 0 Å². The van der Waals surface area contributed by atoms with E-state index < -0.39 is 6.10 Å². The van der Waals surface area contributed by atoms with Crippen LogP contribution in [0.25, 0.3) is 0 Å². The Morgan fingerprint density at radius 1 is 1.14 bits per heavy atom. The van der Waals surface area contributed by atoms with Crippen molar-refractivity contribution in [1.82, 2.24) is 9.97 Å². The van der Waals surface area contributed by atoms with E-state index in [9.17, 15) is 9.90 Å². The Labute approximate surface area is 130 Å². The number of nitrogens with one attached hydrogen (secondary N) is 2. The molecule has 0 spiro atoms. The van der Waals surface area contributed by atoms with Gasteiger partial charge in [0.1, 0.15) is 6.10 Å². The van der Waals surface area contributed by atoms with Crippen LogP contribution in [0.4, 0.5) is 5.69 Å². The number of rotatable bonds is 4. The normalized spacial score (nSPS) is 16.7. The highest BCUT2D eigenvalue weighted by atomic mass is 16.3. The zero-order chi connectivity index (χ0) is 15.5. The molecule has 1 aromatic carbocycles. The summed E-state index contributed by atoms with van der Waals surface area (Å²) >= 11 is 0. The molecule has 118 valence electrons.